The number of hydrogen-bond donors (Lipinski definition) is 1. The Balaban J connectivity index is 2.50. The van der Waals surface area contributed by atoms with Crippen LogP contribution in [0.5, 0.6) is 0 Å². The molecule has 0 aromatic heterocycles. The normalized spacial score (nSPS) is 17.6. The standard InChI is InChI=1S/C16H33N3O/c1-4-18(5-2)12-9-13-19(6-3)15(20)16(14-17)10-7-8-11-16/h4-14,17H2,1-3H3. The third kappa shape index (κ3) is 4.19. The fourth-order valence-corrected chi connectivity index (χ4v) is 3.32. The summed E-state index contributed by atoms with van der Waals surface area (Å²) in [4.78, 5) is 17.2. The van der Waals surface area contributed by atoms with Crippen LogP contribution in [0.2, 0.25) is 0 Å². The van der Waals surface area contributed by atoms with E-state index < -0.39 is 0 Å². The van der Waals surface area contributed by atoms with Crippen LogP contribution in [-0.4, -0.2) is 55.0 Å². The minimum absolute atomic E-state index is 0.245. The van der Waals surface area contributed by atoms with Gasteiger partial charge in [0.15, 0.2) is 0 Å². The third-order valence-electron chi connectivity index (χ3n) is 4.87. The monoisotopic (exact) mass is 283 g/mol. The molecule has 1 aliphatic carbocycles. The molecule has 4 heteroatoms. The first-order valence-electron chi connectivity index (χ1n) is 8.35. The summed E-state index contributed by atoms with van der Waals surface area (Å²) in [6.07, 6.45) is 5.32. The minimum atomic E-state index is -0.245. The molecule has 1 rings (SSSR count). The van der Waals surface area contributed by atoms with E-state index in [1.54, 1.807) is 0 Å². The molecule has 20 heavy (non-hydrogen) atoms. The van der Waals surface area contributed by atoms with Gasteiger partial charge in [0.2, 0.25) is 5.91 Å². The number of hydrogen-bond acceptors (Lipinski definition) is 3. The number of carbonyl (C=O) groups excluding carboxylic acids is 1. The van der Waals surface area contributed by atoms with Gasteiger partial charge in [-0.1, -0.05) is 26.7 Å². The fraction of sp³-hybridized carbons (Fsp3) is 0.938. The van der Waals surface area contributed by atoms with Gasteiger partial charge in [0, 0.05) is 19.6 Å². The molecular formula is C16H33N3O. The predicted octanol–water partition coefficient (Wildman–Crippen LogP) is 2.09. The molecule has 1 saturated carbocycles. The highest BCUT2D eigenvalue weighted by Crippen LogP contribution is 2.38. The Bertz CT molecular complexity index is 283. The van der Waals surface area contributed by atoms with Gasteiger partial charge < -0.3 is 15.5 Å². The maximum absolute atomic E-state index is 12.8. The van der Waals surface area contributed by atoms with E-state index in [1.807, 2.05) is 4.90 Å². The van der Waals surface area contributed by atoms with Crippen molar-refractivity contribution >= 4 is 5.91 Å². The zero-order valence-electron chi connectivity index (χ0n) is 13.7. The van der Waals surface area contributed by atoms with Gasteiger partial charge in [0.25, 0.3) is 0 Å². The lowest BCUT2D eigenvalue weighted by atomic mass is 9.84. The summed E-state index contributed by atoms with van der Waals surface area (Å²) in [5.74, 6) is 0.305. The molecule has 0 unspecified atom stereocenters. The van der Waals surface area contributed by atoms with Crippen LogP contribution in [0.3, 0.4) is 0 Å². The molecule has 118 valence electrons. The molecule has 1 aliphatic rings. The van der Waals surface area contributed by atoms with Crippen LogP contribution in [0.15, 0.2) is 0 Å². The van der Waals surface area contributed by atoms with Crippen LogP contribution in [0.4, 0.5) is 0 Å². The maximum Gasteiger partial charge on any atom is 0.230 e. The Hall–Kier alpha value is -0.610. The number of nitrogens with two attached hydrogens (primary N) is 1. The van der Waals surface area contributed by atoms with E-state index in [4.69, 9.17) is 5.73 Å². The smallest absolute Gasteiger partial charge is 0.230 e. The van der Waals surface area contributed by atoms with Gasteiger partial charge in [0.05, 0.1) is 5.41 Å². The van der Waals surface area contributed by atoms with Crippen molar-refractivity contribution in [1.82, 2.24) is 9.80 Å². The quantitative estimate of drug-likeness (QED) is 0.705. The minimum Gasteiger partial charge on any atom is -0.342 e. The summed E-state index contributed by atoms with van der Waals surface area (Å²) < 4.78 is 0. The van der Waals surface area contributed by atoms with Gasteiger partial charge >= 0.3 is 0 Å². The average Bonchev–Trinajstić information content (AvgIpc) is 2.97. The van der Waals surface area contributed by atoms with Gasteiger partial charge in [-0.05, 0) is 45.8 Å². The lowest BCUT2D eigenvalue weighted by molar-refractivity contribution is -0.141. The van der Waals surface area contributed by atoms with E-state index in [0.29, 0.717) is 12.5 Å². The molecular weight excluding hydrogens is 250 g/mol. The van der Waals surface area contributed by atoms with E-state index in [9.17, 15) is 4.79 Å². The number of amides is 1. The molecule has 1 fully saturated rings. The summed E-state index contributed by atoms with van der Waals surface area (Å²) in [7, 11) is 0. The van der Waals surface area contributed by atoms with E-state index in [0.717, 1.165) is 64.8 Å². The van der Waals surface area contributed by atoms with E-state index in [2.05, 4.69) is 25.7 Å². The molecule has 0 saturated heterocycles. The van der Waals surface area contributed by atoms with Gasteiger partial charge in [-0.3, -0.25) is 4.79 Å². The Morgan fingerprint density at radius 1 is 1.05 bits per heavy atom. The highest BCUT2D eigenvalue weighted by molar-refractivity contribution is 5.83. The molecule has 4 nitrogen and oxygen atoms in total. The van der Waals surface area contributed by atoms with Crippen molar-refractivity contribution < 1.29 is 4.79 Å². The van der Waals surface area contributed by atoms with Crippen LogP contribution in [0, 0.1) is 5.41 Å². The Morgan fingerprint density at radius 2 is 1.65 bits per heavy atom. The van der Waals surface area contributed by atoms with Crippen molar-refractivity contribution in [3.05, 3.63) is 0 Å². The number of carbonyl (C=O) groups is 1. The second-order valence-electron chi connectivity index (χ2n) is 5.96. The second-order valence-corrected chi connectivity index (χ2v) is 5.96. The topological polar surface area (TPSA) is 49.6 Å². The van der Waals surface area contributed by atoms with Crippen LogP contribution >= 0.6 is 0 Å². The third-order valence-corrected chi connectivity index (χ3v) is 4.87. The van der Waals surface area contributed by atoms with Gasteiger partial charge in [-0.2, -0.15) is 0 Å². The molecule has 1 amide bonds. The summed E-state index contributed by atoms with van der Waals surface area (Å²) in [6.45, 7) is 11.9. The lowest BCUT2D eigenvalue weighted by Crippen LogP contribution is -2.47. The van der Waals surface area contributed by atoms with Gasteiger partial charge in [-0.15, -0.1) is 0 Å². The van der Waals surface area contributed by atoms with Crippen molar-refractivity contribution in [3.63, 3.8) is 0 Å². The van der Waals surface area contributed by atoms with Crippen LogP contribution in [-0.2, 0) is 4.79 Å². The highest BCUT2D eigenvalue weighted by Gasteiger charge is 2.41. The zero-order valence-corrected chi connectivity index (χ0v) is 13.7. The van der Waals surface area contributed by atoms with Crippen molar-refractivity contribution in [2.45, 2.75) is 52.9 Å². The molecule has 0 radical (unpaired) electrons. The Kier molecular flexibility index (Phi) is 7.52. The summed E-state index contributed by atoms with van der Waals surface area (Å²) in [5, 5.41) is 0. The SMILES string of the molecule is CCN(CC)CCCN(CC)C(=O)C1(CN)CCCC1. The number of rotatable bonds is 9. The van der Waals surface area contributed by atoms with Gasteiger partial charge in [0.1, 0.15) is 0 Å². The number of nitrogens with zero attached hydrogens (tertiary/aromatic N) is 2. The summed E-state index contributed by atoms with van der Waals surface area (Å²) >= 11 is 0. The molecule has 0 aromatic rings. The second kappa shape index (κ2) is 8.63. The first-order chi connectivity index (χ1) is 9.63. The van der Waals surface area contributed by atoms with Crippen molar-refractivity contribution in [3.8, 4) is 0 Å². The first-order valence-corrected chi connectivity index (χ1v) is 8.35. The van der Waals surface area contributed by atoms with Crippen LogP contribution in [0.1, 0.15) is 52.9 Å². The van der Waals surface area contributed by atoms with Crippen molar-refractivity contribution in [2.75, 3.05) is 39.3 Å². The average molecular weight is 283 g/mol. The van der Waals surface area contributed by atoms with Crippen LogP contribution in [0.25, 0.3) is 0 Å². The molecule has 0 atom stereocenters. The lowest BCUT2D eigenvalue weighted by Gasteiger charge is -2.33. The van der Waals surface area contributed by atoms with Crippen LogP contribution < -0.4 is 5.73 Å². The Labute approximate surface area is 124 Å². The van der Waals surface area contributed by atoms with Crippen molar-refractivity contribution in [2.24, 2.45) is 11.1 Å². The molecule has 0 aromatic carbocycles. The molecule has 0 heterocycles. The fourth-order valence-electron chi connectivity index (χ4n) is 3.32. The summed E-state index contributed by atoms with van der Waals surface area (Å²) in [6, 6.07) is 0. The van der Waals surface area contributed by atoms with E-state index in [-0.39, 0.29) is 5.41 Å². The first kappa shape index (κ1) is 17.4. The molecule has 2 N–H and O–H groups in total. The molecule has 0 bridgehead atoms. The molecule has 0 spiro atoms. The predicted molar refractivity (Wildman–Crippen MR) is 84.6 cm³/mol. The summed E-state index contributed by atoms with van der Waals surface area (Å²) in [5.41, 5.74) is 5.68. The van der Waals surface area contributed by atoms with Crippen molar-refractivity contribution in [1.29, 1.82) is 0 Å². The van der Waals surface area contributed by atoms with E-state index in [1.165, 1.54) is 0 Å². The Morgan fingerprint density at radius 3 is 2.10 bits per heavy atom. The zero-order chi connectivity index (χ0) is 15.0. The molecule has 0 aliphatic heterocycles. The highest BCUT2D eigenvalue weighted by atomic mass is 16.2. The largest absolute Gasteiger partial charge is 0.342 e. The van der Waals surface area contributed by atoms with E-state index >= 15 is 0 Å². The maximum atomic E-state index is 12.8. The van der Waals surface area contributed by atoms with Gasteiger partial charge in [-0.25, -0.2) is 0 Å².